The Kier molecular flexibility index (Phi) is 3.43. The van der Waals surface area contributed by atoms with E-state index in [4.69, 9.17) is 28.9 Å². The second-order valence-corrected chi connectivity index (χ2v) is 4.71. The van der Waals surface area contributed by atoms with Crippen molar-refractivity contribution in [3.05, 3.63) is 51.3 Å². The lowest BCUT2D eigenvalue weighted by atomic mass is 10.0. The molecular weight excluding hydrogens is 257 g/mol. The van der Waals surface area contributed by atoms with Crippen molar-refractivity contribution in [2.24, 2.45) is 12.8 Å². The highest BCUT2D eigenvalue weighted by Gasteiger charge is 2.18. The molecule has 1 heterocycles. The van der Waals surface area contributed by atoms with Gasteiger partial charge < -0.3 is 5.73 Å². The van der Waals surface area contributed by atoms with Crippen molar-refractivity contribution in [1.82, 2.24) is 9.78 Å². The van der Waals surface area contributed by atoms with Crippen LogP contribution in [0.15, 0.2) is 24.4 Å². The van der Waals surface area contributed by atoms with Gasteiger partial charge in [0.1, 0.15) is 0 Å². The van der Waals surface area contributed by atoms with Crippen molar-refractivity contribution in [3.8, 4) is 0 Å². The first kappa shape index (κ1) is 12.4. The molecule has 1 atom stereocenters. The van der Waals surface area contributed by atoms with Gasteiger partial charge in [-0.1, -0.05) is 35.3 Å². The number of aryl methyl sites for hydroxylation is 1. The van der Waals surface area contributed by atoms with Gasteiger partial charge in [-0.3, -0.25) is 4.68 Å². The van der Waals surface area contributed by atoms with Gasteiger partial charge in [-0.25, -0.2) is 0 Å². The minimum atomic E-state index is -0.310. The summed E-state index contributed by atoms with van der Waals surface area (Å²) in [6.07, 6.45) is 1.76. The van der Waals surface area contributed by atoms with E-state index < -0.39 is 0 Å². The first-order valence-electron chi connectivity index (χ1n) is 5.20. The Morgan fingerprint density at radius 1 is 1.29 bits per heavy atom. The van der Waals surface area contributed by atoms with E-state index in [9.17, 15) is 0 Å². The number of rotatable bonds is 2. The van der Waals surface area contributed by atoms with Gasteiger partial charge in [0.05, 0.1) is 22.3 Å². The summed E-state index contributed by atoms with van der Waals surface area (Å²) in [5.74, 6) is 0. The van der Waals surface area contributed by atoms with Gasteiger partial charge in [0.25, 0.3) is 0 Å². The lowest BCUT2D eigenvalue weighted by molar-refractivity contribution is 0.734. The second kappa shape index (κ2) is 4.69. The minimum absolute atomic E-state index is 0.310. The van der Waals surface area contributed by atoms with Crippen LogP contribution in [0.2, 0.25) is 10.0 Å². The average molecular weight is 270 g/mol. The van der Waals surface area contributed by atoms with Crippen molar-refractivity contribution in [1.29, 1.82) is 0 Å². The number of halogens is 2. The van der Waals surface area contributed by atoms with E-state index in [0.29, 0.717) is 10.0 Å². The third-order valence-electron chi connectivity index (χ3n) is 2.92. The fraction of sp³-hybridized carbons (Fsp3) is 0.250. The third kappa shape index (κ3) is 2.18. The first-order valence-corrected chi connectivity index (χ1v) is 5.96. The van der Waals surface area contributed by atoms with Crippen LogP contribution in [0.5, 0.6) is 0 Å². The molecule has 0 aliphatic heterocycles. The normalized spacial score (nSPS) is 12.8. The molecule has 0 spiro atoms. The molecule has 1 aromatic heterocycles. The van der Waals surface area contributed by atoms with Crippen LogP contribution >= 0.6 is 23.2 Å². The molecule has 1 unspecified atom stereocenters. The second-order valence-electron chi connectivity index (χ2n) is 3.93. The Bertz CT molecular complexity index is 549. The van der Waals surface area contributed by atoms with Crippen molar-refractivity contribution >= 4 is 23.2 Å². The van der Waals surface area contributed by atoms with Gasteiger partial charge in [-0.15, -0.1) is 0 Å². The Morgan fingerprint density at radius 2 is 2.00 bits per heavy atom. The topological polar surface area (TPSA) is 43.8 Å². The van der Waals surface area contributed by atoms with E-state index in [1.54, 1.807) is 16.9 Å². The smallest absolute Gasteiger partial charge is 0.0643 e. The van der Waals surface area contributed by atoms with Gasteiger partial charge in [0, 0.05) is 18.3 Å². The van der Waals surface area contributed by atoms with Gasteiger partial charge >= 0.3 is 0 Å². The van der Waals surface area contributed by atoms with Crippen LogP contribution < -0.4 is 5.73 Å². The Balaban J connectivity index is 2.47. The van der Waals surface area contributed by atoms with Gasteiger partial charge in [0.2, 0.25) is 0 Å². The summed E-state index contributed by atoms with van der Waals surface area (Å²) in [6, 6.07) is 5.16. The fourth-order valence-electron chi connectivity index (χ4n) is 1.75. The monoisotopic (exact) mass is 269 g/mol. The summed E-state index contributed by atoms with van der Waals surface area (Å²) in [5.41, 5.74) is 9.00. The maximum atomic E-state index is 6.20. The van der Waals surface area contributed by atoms with Crippen molar-refractivity contribution in [2.45, 2.75) is 13.0 Å². The molecule has 0 fully saturated rings. The predicted molar refractivity (Wildman–Crippen MR) is 70.4 cm³/mol. The van der Waals surface area contributed by atoms with Gasteiger partial charge in [-0.2, -0.15) is 5.10 Å². The maximum absolute atomic E-state index is 6.20. The first-order chi connectivity index (χ1) is 8.02. The molecule has 0 amide bonds. The van der Waals surface area contributed by atoms with Crippen LogP contribution in [0.1, 0.15) is 22.9 Å². The zero-order chi connectivity index (χ0) is 12.6. The summed E-state index contributed by atoms with van der Waals surface area (Å²) in [5, 5.41) is 5.19. The minimum Gasteiger partial charge on any atom is -0.320 e. The summed E-state index contributed by atoms with van der Waals surface area (Å²) in [4.78, 5) is 0. The number of benzene rings is 1. The number of hydrogen-bond donors (Lipinski definition) is 1. The Hall–Kier alpha value is -1.03. The molecule has 0 saturated heterocycles. The predicted octanol–water partition coefficient (Wildman–Crippen LogP) is 3.08. The van der Waals surface area contributed by atoms with Crippen LogP contribution in [0.4, 0.5) is 0 Å². The molecule has 0 radical (unpaired) electrons. The highest BCUT2D eigenvalue weighted by Crippen LogP contribution is 2.32. The van der Waals surface area contributed by atoms with Crippen LogP contribution in [-0.2, 0) is 7.05 Å². The van der Waals surface area contributed by atoms with Crippen LogP contribution in [0, 0.1) is 6.92 Å². The van der Waals surface area contributed by atoms with E-state index in [-0.39, 0.29) is 6.04 Å². The number of aromatic nitrogens is 2. The molecule has 90 valence electrons. The molecular formula is C12H13Cl2N3. The summed E-state index contributed by atoms with van der Waals surface area (Å²) in [7, 11) is 1.88. The highest BCUT2D eigenvalue weighted by molar-refractivity contribution is 6.42. The highest BCUT2D eigenvalue weighted by atomic mass is 35.5. The maximum Gasteiger partial charge on any atom is 0.0643 e. The van der Waals surface area contributed by atoms with E-state index in [1.807, 2.05) is 26.1 Å². The molecule has 2 rings (SSSR count). The molecule has 0 aliphatic rings. The van der Waals surface area contributed by atoms with Crippen LogP contribution in [0.25, 0.3) is 0 Å². The standard InChI is InChI=1S/C12H13Cl2N3/c1-7-9(6-16-17(7)2)12(15)8-4-3-5-10(13)11(8)14/h3-6,12H,15H2,1-2H3. The molecule has 0 aliphatic carbocycles. The zero-order valence-electron chi connectivity index (χ0n) is 9.61. The molecule has 0 bridgehead atoms. The van der Waals surface area contributed by atoms with Gasteiger partial charge in [0.15, 0.2) is 0 Å². The number of nitrogens with two attached hydrogens (primary N) is 1. The number of hydrogen-bond acceptors (Lipinski definition) is 2. The average Bonchev–Trinajstić information content (AvgIpc) is 2.63. The SMILES string of the molecule is Cc1c(C(N)c2cccc(Cl)c2Cl)cnn1C. The van der Waals surface area contributed by atoms with E-state index >= 15 is 0 Å². The van der Waals surface area contributed by atoms with Crippen molar-refractivity contribution in [2.75, 3.05) is 0 Å². The fourth-order valence-corrected chi connectivity index (χ4v) is 2.17. The largest absolute Gasteiger partial charge is 0.320 e. The van der Waals surface area contributed by atoms with E-state index in [1.165, 1.54) is 0 Å². The lowest BCUT2D eigenvalue weighted by Gasteiger charge is -2.14. The van der Waals surface area contributed by atoms with E-state index in [0.717, 1.165) is 16.8 Å². The molecule has 0 saturated carbocycles. The molecule has 1 aromatic carbocycles. The van der Waals surface area contributed by atoms with Crippen LogP contribution in [-0.4, -0.2) is 9.78 Å². The molecule has 2 aromatic rings. The third-order valence-corrected chi connectivity index (χ3v) is 3.76. The zero-order valence-corrected chi connectivity index (χ0v) is 11.1. The van der Waals surface area contributed by atoms with Gasteiger partial charge in [-0.05, 0) is 18.6 Å². The quantitative estimate of drug-likeness (QED) is 0.911. The number of nitrogens with zero attached hydrogens (tertiary/aromatic N) is 2. The summed E-state index contributed by atoms with van der Waals surface area (Å²) in [6.45, 7) is 1.97. The Labute approximate surface area is 110 Å². The summed E-state index contributed by atoms with van der Waals surface area (Å²) < 4.78 is 1.79. The molecule has 3 nitrogen and oxygen atoms in total. The summed E-state index contributed by atoms with van der Waals surface area (Å²) >= 11 is 12.1. The lowest BCUT2D eigenvalue weighted by Crippen LogP contribution is -2.13. The van der Waals surface area contributed by atoms with Crippen molar-refractivity contribution in [3.63, 3.8) is 0 Å². The molecule has 5 heteroatoms. The van der Waals surface area contributed by atoms with Crippen molar-refractivity contribution < 1.29 is 0 Å². The molecule has 17 heavy (non-hydrogen) atoms. The molecule has 2 N–H and O–H groups in total. The van der Waals surface area contributed by atoms with E-state index in [2.05, 4.69) is 5.10 Å². The van der Waals surface area contributed by atoms with Crippen LogP contribution in [0.3, 0.4) is 0 Å². The Morgan fingerprint density at radius 3 is 2.59 bits per heavy atom.